The molecule has 6 heteroatoms. The Bertz CT molecular complexity index is 892. The Kier molecular flexibility index (Phi) is 5.32. The second kappa shape index (κ2) is 7.50. The molecule has 2 aromatic rings. The standard InChI is InChI=1S/C20H24N2O3S/c1-3-26(24,25)22(2)17-13-11-16(12-14-17)20(23)21-19-10-6-8-15-7-4-5-9-18(15)19/h4-5,7,9,11-14,19H,3,6,8,10H2,1-2H3,(H,21,23). The Morgan fingerprint density at radius 3 is 2.54 bits per heavy atom. The summed E-state index contributed by atoms with van der Waals surface area (Å²) < 4.78 is 25.1. The monoisotopic (exact) mass is 372 g/mol. The highest BCUT2D eigenvalue weighted by molar-refractivity contribution is 7.92. The fourth-order valence-corrected chi connectivity index (χ4v) is 4.15. The topological polar surface area (TPSA) is 66.5 Å². The fraction of sp³-hybridized carbons (Fsp3) is 0.350. The van der Waals surface area contributed by atoms with Gasteiger partial charge in [-0.1, -0.05) is 24.3 Å². The van der Waals surface area contributed by atoms with Gasteiger partial charge in [0, 0.05) is 12.6 Å². The molecule has 1 amide bonds. The molecule has 0 heterocycles. The first-order valence-electron chi connectivity index (χ1n) is 8.87. The molecule has 0 spiro atoms. The predicted octanol–water partition coefficient (Wildman–Crippen LogP) is 3.28. The van der Waals surface area contributed by atoms with Crippen molar-refractivity contribution in [3.8, 4) is 0 Å². The molecule has 1 aliphatic rings. The minimum absolute atomic E-state index is 0.0234. The molecule has 5 nitrogen and oxygen atoms in total. The molecule has 1 N–H and O–H groups in total. The molecule has 2 aromatic carbocycles. The minimum atomic E-state index is -3.31. The van der Waals surface area contributed by atoms with Crippen LogP contribution in [0, 0.1) is 0 Å². The maximum absolute atomic E-state index is 12.6. The number of rotatable bonds is 5. The summed E-state index contributed by atoms with van der Waals surface area (Å²) in [7, 11) is -1.79. The molecule has 0 aromatic heterocycles. The molecule has 138 valence electrons. The van der Waals surface area contributed by atoms with Gasteiger partial charge in [0.15, 0.2) is 0 Å². The summed E-state index contributed by atoms with van der Waals surface area (Å²) in [4.78, 5) is 12.6. The number of sulfonamides is 1. The summed E-state index contributed by atoms with van der Waals surface area (Å²) in [6.07, 6.45) is 3.04. The van der Waals surface area contributed by atoms with Gasteiger partial charge in [-0.05, 0) is 61.6 Å². The van der Waals surface area contributed by atoms with Gasteiger partial charge in [0.05, 0.1) is 17.5 Å². The molecule has 1 atom stereocenters. The third-order valence-electron chi connectivity index (χ3n) is 4.95. The number of carbonyl (C=O) groups excluding carboxylic acids is 1. The zero-order valence-corrected chi connectivity index (χ0v) is 15.9. The van der Waals surface area contributed by atoms with Crippen LogP contribution in [-0.2, 0) is 16.4 Å². The number of anilines is 1. The van der Waals surface area contributed by atoms with E-state index in [1.54, 1.807) is 31.2 Å². The lowest BCUT2D eigenvalue weighted by molar-refractivity contribution is 0.0933. The Balaban J connectivity index is 1.74. The SMILES string of the molecule is CCS(=O)(=O)N(C)c1ccc(C(=O)NC2CCCc3ccccc32)cc1. The minimum Gasteiger partial charge on any atom is -0.345 e. The van der Waals surface area contributed by atoms with Gasteiger partial charge in [-0.25, -0.2) is 8.42 Å². The summed E-state index contributed by atoms with van der Waals surface area (Å²) >= 11 is 0. The largest absolute Gasteiger partial charge is 0.345 e. The highest BCUT2D eigenvalue weighted by atomic mass is 32.2. The summed E-state index contributed by atoms with van der Waals surface area (Å²) in [6, 6.07) is 14.9. The van der Waals surface area contributed by atoms with E-state index in [0.717, 1.165) is 19.3 Å². The third-order valence-corrected chi connectivity index (χ3v) is 6.72. The molecule has 0 fully saturated rings. The lowest BCUT2D eigenvalue weighted by Crippen LogP contribution is -2.31. The Morgan fingerprint density at radius 1 is 1.15 bits per heavy atom. The van der Waals surface area contributed by atoms with Gasteiger partial charge < -0.3 is 5.32 Å². The van der Waals surface area contributed by atoms with Crippen LogP contribution in [0.4, 0.5) is 5.69 Å². The first-order valence-corrected chi connectivity index (χ1v) is 10.5. The van der Waals surface area contributed by atoms with Crippen LogP contribution in [0.3, 0.4) is 0 Å². The average Bonchev–Trinajstić information content (AvgIpc) is 2.67. The van der Waals surface area contributed by atoms with Crippen molar-refractivity contribution in [2.75, 3.05) is 17.1 Å². The average molecular weight is 372 g/mol. The van der Waals surface area contributed by atoms with E-state index in [2.05, 4.69) is 17.4 Å². The number of hydrogen-bond acceptors (Lipinski definition) is 3. The van der Waals surface area contributed by atoms with E-state index in [4.69, 9.17) is 0 Å². The summed E-state index contributed by atoms with van der Waals surface area (Å²) in [6.45, 7) is 1.61. The molecule has 0 aliphatic heterocycles. The molecule has 0 radical (unpaired) electrons. The predicted molar refractivity (Wildman–Crippen MR) is 104 cm³/mol. The fourth-order valence-electron chi connectivity index (χ4n) is 3.32. The first kappa shape index (κ1) is 18.5. The zero-order chi connectivity index (χ0) is 18.7. The number of aryl methyl sites for hydroxylation is 1. The maximum Gasteiger partial charge on any atom is 0.251 e. The van der Waals surface area contributed by atoms with Crippen LogP contribution in [0.25, 0.3) is 0 Å². The van der Waals surface area contributed by atoms with E-state index in [0.29, 0.717) is 11.3 Å². The lowest BCUT2D eigenvalue weighted by atomic mass is 9.87. The van der Waals surface area contributed by atoms with Crippen molar-refractivity contribution in [1.29, 1.82) is 0 Å². The maximum atomic E-state index is 12.6. The molecular formula is C20H24N2O3S. The number of hydrogen-bond donors (Lipinski definition) is 1. The second-order valence-corrected chi connectivity index (χ2v) is 8.82. The van der Waals surface area contributed by atoms with Crippen molar-refractivity contribution < 1.29 is 13.2 Å². The molecule has 1 aliphatic carbocycles. The van der Waals surface area contributed by atoms with Gasteiger partial charge in [0.25, 0.3) is 5.91 Å². The van der Waals surface area contributed by atoms with Crippen molar-refractivity contribution in [2.45, 2.75) is 32.2 Å². The molecular weight excluding hydrogens is 348 g/mol. The van der Waals surface area contributed by atoms with E-state index < -0.39 is 10.0 Å². The molecule has 26 heavy (non-hydrogen) atoms. The summed E-state index contributed by atoms with van der Waals surface area (Å²) in [5.41, 5.74) is 3.56. The van der Waals surface area contributed by atoms with Gasteiger partial charge in [0.1, 0.15) is 0 Å². The van der Waals surface area contributed by atoms with Crippen molar-refractivity contribution in [3.05, 3.63) is 65.2 Å². The van der Waals surface area contributed by atoms with Gasteiger partial charge in [-0.2, -0.15) is 0 Å². The van der Waals surface area contributed by atoms with Crippen LogP contribution >= 0.6 is 0 Å². The Morgan fingerprint density at radius 2 is 1.85 bits per heavy atom. The zero-order valence-electron chi connectivity index (χ0n) is 15.1. The lowest BCUT2D eigenvalue weighted by Gasteiger charge is -2.26. The van der Waals surface area contributed by atoms with Gasteiger partial charge in [-0.15, -0.1) is 0 Å². The van der Waals surface area contributed by atoms with E-state index in [1.807, 2.05) is 12.1 Å². The second-order valence-electron chi connectivity index (χ2n) is 6.53. The van der Waals surface area contributed by atoms with Crippen LogP contribution in [0.15, 0.2) is 48.5 Å². The van der Waals surface area contributed by atoms with Crippen molar-refractivity contribution in [2.24, 2.45) is 0 Å². The highest BCUT2D eigenvalue weighted by Crippen LogP contribution is 2.29. The number of nitrogens with one attached hydrogen (secondary N) is 1. The Labute approximate surface area is 155 Å². The van der Waals surface area contributed by atoms with Crippen molar-refractivity contribution in [3.63, 3.8) is 0 Å². The molecule has 0 saturated heterocycles. The van der Waals surface area contributed by atoms with Gasteiger partial charge in [0.2, 0.25) is 10.0 Å². The van der Waals surface area contributed by atoms with Crippen molar-refractivity contribution >= 4 is 21.6 Å². The van der Waals surface area contributed by atoms with Crippen LogP contribution in [0.5, 0.6) is 0 Å². The number of fused-ring (bicyclic) bond motifs is 1. The van der Waals surface area contributed by atoms with Gasteiger partial charge in [-0.3, -0.25) is 9.10 Å². The normalized spacial score (nSPS) is 16.6. The number of carbonyl (C=O) groups is 1. The first-order chi connectivity index (χ1) is 12.4. The number of nitrogens with zero attached hydrogens (tertiary/aromatic N) is 1. The van der Waals surface area contributed by atoms with E-state index in [1.165, 1.54) is 22.5 Å². The highest BCUT2D eigenvalue weighted by Gasteiger charge is 2.22. The Hall–Kier alpha value is -2.34. The quantitative estimate of drug-likeness (QED) is 0.876. The molecule has 3 rings (SSSR count). The number of benzene rings is 2. The molecule has 0 bridgehead atoms. The van der Waals surface area contributed by atoms with E-state index in [9.17, 15) is 13.2 Å². The summed E-state index contributed by atoms with van der Waals surface area (Å²) in [5, 5.41) is 3.11. The molecule has 1 unspecified atom stereocenters. The summed E-state index contributed by atoms with van der Waals surface area (Å²) in [5.74, 6) is -0.105. The van der Waals surface area contributed by atoms with Crippen LogP contribution in [-0.4, -0.2) is 27.1 Å². The van der Waals surface area contributed by atoms with Crippen molar-refractivity contribution in [1.82, 2.24) is 5.32 Å². The van der Waals surface area contributed by atoms with Crippen LogP contribution < -0.4 is 9.62 Å². The van der Waals surface area contributed by atoms with Crippen LogP contribution in [0.2, 0.25) is 0 Å². The van der Waals surface area contributed by atoms with E-state index >= 15 is 0 Å². The van der Waals surface area contributed by atoms with Crippen LogP contribution in [0.1, 0.15) is 47.3 Å². The molecule has 0 saturated carbocycles. The third kappa shape index (κ3) is 3.75. The number of amides is 1. The van der Waals surface area contributed by atoms with Gasteiger partial charge >= 0.3 is 0 Å². The smallest absolute Gasteiger partial charge is 0.251 e. The van der Waals surface area contributed by atoms with E-state index in [-0.39, 0.29) is 17.7 Å².